The third-order valence-electron chi connectivity index (χ3n) is 5.39. The number of likely N-dealkylation sites (tertiary alicyclic amines) is 1. The van der Waals surface area contributed by atoms with E-state index in [2.05, 4.69) is 5.32 Å². The lowest BCUT2D eigenvalue weighted by atomic mass is 10.0. The molecule has 0 radical (unpaired) electrons. The lowest BCUT2D eigenvalue weighted by Crippen LogP contribution is -2.40. The molecule has 1 amide bonds. The monoisotopic (exact) mass is 448 g/mol. The van der Waals surface area contributed by atoms with E-state index in [1.54, 1.807) is 18.2 Å². The Hall–Kier alpha value is -2.69. The maximum atomic E-state index is 12.5. The van der Waals surface area contributed by atoms with E-state index in [0.29, 0.717) is 24.5 Å². The summed E-state index contributed by atoms with van der Waals surface area (Å²) in [7, 11) is 0.731. The van der Waals surface area contributed by atoms with Crippen molar-refractivity contribution in [3.63, 3.8) is 0 Å². The van der Waals surface area contributed by atoms with Crippen molar-refractivity contribution in [1.82, 2.24) is 13.8 Å². The fourth-order valence-electron chi connectivity index (χ4n) is 3.69. The van der Waals surface area contributed by atoms with Gasteiger partial charge in [-0.1, -0.05) is 6.07 Å². The van der Waals surface area contributed by atoms with E-state index < -0.39 is 10.0 Å². The van der Waals surface area contributed by atoms with Crippen LogP contribution in [-0.4, -0.2) is 74.9 Å². The van der Waals surface area contributed by atoms with Crippen LogP contribution >= 0.6 is 0 Å². The topological polar surface area (TPSA) is 101 Å². The Morgan fingerprint density at radius 3 is 2.52 bits per heavy atom. The first-order chi connectivity index (χ1) is 14.7. The molecule has 1 aromatic carbocycles. The third-order valence-corrected chi connectivity index (χ3v) is 7.20. The van der Waals surface area contributed by atoms with E-state index in [9.17, 15) is 18.0 Å². The first-order valence-corrected chi connectivity index (χ1v) is 11.5. The van der Waals surface area contributed by atoms with Crippen LogP contribution in [0.3, 0.4) is 0 Å². The second-order valence-corrected chi connectivity index (χ2v) is 9.81. The minimum atomic E-state index is -3.57. The van der Waals surface area contributed by atoms with Crippen LogP contribution in [0.15, 0.2) is 47.5 Å². The Morgan fingerprint density at radius 2 is 1.87 bits per heavy atom. The van der Waals surface area contributed by atoms with Crippen LogP contribution in [0.2, 0.25) is 0 Å². The van der Waals surface area contributed by atoms with Crippen molar-refractivity contribution in [2.45, 2.75) is 23.8 Å². The number of methoxy groups -OCH3 is 1. The lowest BCUT2D eigenvalue weighted by Gasteiger charge is -2.32. The normalized spacial score (nSPS) is 15.7. The van der Waals surface area contributed by atoms with Gasteiger partial charge in [0.1, 0.15) is 5.69 Å². The van der Waals surface area contributed by atoms with Crippen LogP contribution in [0, 0.1) is 0 Å². The highest BCUT2D eigenvalue weighted by Crippen LogP contribution is 2.25. The molecule has 0 atom stereocenters. The number of benzene rings is 1. The van der Waals surface area contributed by atoms with Crippen LogP contribution in [0.4, 0.5) is 5.69 Å². The summed E-state index contributed by atoms with van der Waals surface area (Å²) in [5.74, 6) is -0.556. The number of anilines is 1. The molecule has 31 heavy (non-hydrogen) atoms. The maximum Gasteiger partial charge on any atom is 0.354 e. The molecule has 0 saturated carbocycles. The maximum absolute atomic E-state index is 12.5. The number of nitrogens with zero attached hydrogens (tertiary/aromatic N) is 3. The molecule has 2 heterocycles. The number of sulfonamides is 1. The van der Waals surface area contributed by atoms with E-state index in [-0.39, 0.29) is 29.4 Å². The number of rotatable bonds is 7. The Morgan fingerprint density at radius 1 is 1.16 bits per heavy atom. The second-order valence-electron chi connectivity index (χ2n) is 7.66. The summed E-state index contributed by atoms with van der Waals surface area (Å²) in [5.41, 5.74) is 0.976. The zero-order valence-electron chi connectivity index (χ0n) is 17.9. The molecule has 3 rings (SSSR count). The van der Waals surface area contributed by atoms with Gasteiger partial charge >= 0.3 is 5.97 Å². The van der Waals surface area contributed by atoms with Crippen molar-refractivity contribution in [1.29, 1.82) is 0 Å². The van der Waals surface area contributed by atoms with E-state index >= 15 is 0 Å². The molecule has 1 N–H and O–H groups in total. The van der Waals surface area contributed by atoms with Crippen molar-refractivity contribution in [3.8, 4) is 0 Å². The average molecular weight is 449 g/mol. The van der Waals surface area contributed by atoms with E-state index in [0.717, 1.165) is 17.1 Å². The third kappa shape index (κ3) is 5.33. The number of hydrogen-bond donors (Lipinski definition) is 1. The van der Waals surface area contributed by atoms with Crippen molar-refractivity contribution in [2.24, 2.45) is 0 Å². The van der Waals surface area contributed by atoms with Crippen LogP contribution in [0.5, 0.6) is 0 Å². The van der Waals surface area contributed by atoms with Gasteiger partial charge in [-0.05, 0) is 43.2 Å². The Labute approximate surface area is 182 Å². The van der Waals surface area contributed by atoms with Crippen molar-refractivity contribution in [2.75, 3.05) is 46.2 Å². The van der Waals surface area contributed by atoms with Gasteiger partial charge in [0.2, 0.25) is 15.9 Å². The zero-order valence-corrected chi connectivity index (χ0v) is 18.8. The molecular weight excluding hydrogens is 420 g/mol. The Kier molecular flexibility index (Phi) is 7.14. The number of nitrogens with one attached hydrogen (secondary N) is 1. The first-order valence-electron chi connectivity index (χ1n) is 10.0. The van der Waals surface area contributed by atoms with E-state index in [1.807, 2.05) is 21.7 Å². The number of carbonyl (C=O) groups is 2. The van der Waals surface area contributed by atoms with Crippen molar-refractivity contribution < 1.29 is 22.7 Å². The van der Waals surface area contributed by atoms with Crippen LogP contribution in [0.1, 0.15) is 29.4 Å². The largest absolute Gasteiger partial charge is 0.464 e. The van der Waals surface area contributed by atoms with Crippen LogP contribution < -0.4 is 5.32 Å². The summed E-state index contributed by atoms with van der Waals surface area (Å²) in [6, 6.07) is 9.98. The fourth-order valence-corrected chi connectivity index (χ4v) is 4.64. The number of amides is 1. The highest BCUT2D eigenvalue weighted by molar-refractivity contribution is 7.89. The van der Waals surface area contributed by atoms with Gasteiger partial charge in [0.15, 0.2) is 0 Å². The van der Waals surface area contributed by atoms with Gasteiger partial charge in [-0.25, -0.2) is 17.5 Å². The minimum absolute atomic E-state index is 0.129. The number of hydrogen-bond acceptors (Lipinski definition) is 6. The summed E-state index contributed by atoms with van der Waals surface area (Å²) >= 11 is 0. The highest BCUT2D eigenvalue weighted by Gasteiger charge is 2.25. The highest BCUT2D eigenvalue weighted by atomic mass is 32.2. The molecule has 0 unspecified atom stereocenters. The quantitative estimate of drug-likeness (QED) is 0.649. The molecule has 168 valence electrons. The van der Waals surface area contributed by atoms with Gasteiger partial charge in [0.05, 0.1) is 18.6 Å². The molecular formula is C21H28N4O5S. The van der Waals surface area contributed by atoms with E-state index in [1.165, 1.54) is 33.3 Å². The van der Waals surface area contributed by atoms with Crippen LogP contribution in [-0.2, 0) is 19.6 Å². The number of esters is 1. The summed E-state index contributed by atoms with van der Waals surface area (Å²) in [5, 5.41) is 2.78. The molecule has 9 nitrogen and oxygen atoms in total. The zero-order chi connectivity index (χ0) is 22.6. The van der Waals surface area contributed by atoms with Gasteiger partial charge in [-0.2, -0.15) is 0 Å². The standard InChI is InChI=1S/C21H28N4O5S/c1-23(2)31(28,29)18-7-4-6-16(14-18)22-20(26)15-24-12-9-17(10-13-24)25-11-5-8-19(25)21(27)30-3/h4-8,11,14,17H,9-10,12-13,15H2,1-3H3,(H,22,26). The van der Waals surface area contributed by atoms with Crippen molar-refractivity contribution >= 4 is 27.6 Å². The van der Waals surface area contributed by atoms with Gasteiger partial charge < -0.3 is 14.6 Å². The van der Waals surface area contributed by atoms with Crippen molar-refractivity contribution in [3.05, 3.63) is 48.3 Å². The first kappa shape index (κ1) is 23.0. The average Bonchev–Trinajstić information content (AvgIpc) is 3.23. The molecule has 0 spiro atoms. The summed E-state index contributed by atoms with van der Waals surface area (Å²) < 4.78 is 32.5. The molecule has 1 aliphatic heterocycles. The van der Waals surface area contributed by atoms with E-state index in [4.69, 9.17) is 4.74 Å². The van der Waals surface area contributed by atoms with Gasteiger partial charge in [0, 0.05) is 45.1 Å². The number of piperidine rings is 1. The van der Waals surface area contributed by atoms with Crippen LogP contribution in [0.25, 0.3) is 0 Å². The smallest absolute Gasteiger partial charge is 0.354 e. The molecule has 0 bridgehead atoms. The molecule has 2 aromatic rings. The summed E-state index contributed by atoms with van der Waals surface area (Å²) in [6.45, 7) is 1.64. The molecule has 1 aliphatic rings. The SMILES string of the molecule is COC(=O)c1cccn1C1CCN(CC(=O)Nc2cccc(S(=O)(=O)N(C)C)c2)CC1. The van der Waals surface area contributed by atoms with Gasteiger partial charge in [-0.15, -0.1) is 0 Å². The molecule has 1 saturated heterocycles. The number of carbonyl (C=O) groups excluding carboxylic acids is 2. The molecule has 0 aliphatic carbocycles. The minimum Gasteiger partial charge on any atom is -0.464 e. The molecule has 1 aromatic heterocycles. The number of aromatic nitrogens is 1. The molecule has 1 fully saturated rings. The number of ether oxygens (including phenoxy) is 1. The Bertz CT molecular complexity index is 1040. The summed E-state index contributed by atoms with van der Waals surface area (Å²) in [4.78, 5) is 26.6. The molecule has 10 heteroatoms. The predicted molar refractivity (Wildman–Crippen MR) is 116 cm³/mol. The lowest BCUT2D eigenvalue weighted by molar-refractivity contribution is -0.117. The van der Waals surface area contributed by atoms with Gasteiger partial charge in [-0.3, -0.25) is 9.69 Å². The predicted octanol–water partition coefficient (Wildman–Crippen LogP) is 1.80. The fraction of sp³-hybridized carbons (Fsp3) is 0.429. The Balaban J connectivity index is 1.56. The van der Waals surface area contributed by atoms with Gasteiger partial charge in [0.25, 0.3) is 0 Å². The second kappa shape index (κ2) is 9.63. The summed E-state index contributed by atoms with van der Waals surface area (Å²) in [6.07, 6.45) is 3.50.